The van der Waals surface area contributed by atoms with Crippen LogP contribution in [-0.2, 0) is 24.8 Å². The molecule has 7 nitrogen and oxygen atoms in total. The van der Waals surface area contributed by atoms with Crippen molar-refractivity contribution in [3.63, 3.8) is 0 Å². The Morgan fingerprint density at radius 1 is 0.479 bits per heavy atom. The number of fused-ring (bicyclic) bond motifs is 10. The van der Waals surface area contributed by atoms with Crippen molar-refractivity contribution in [2.75, 3.05) is 0 Å². The van der Waals surface area contributed by atoms with Crippen molar-refractivity contribution in [2.45, 2.75) is 26.2 Å². The second-order valence-corrected chi connectivity index (χ2v) is 20.9. The number of benzene rings is 9. The average molecular weight is 1120 g/mol. The van der Waals surface area contributed by atoms with E-state index in [0.29, 0.717) is 11.3 Å². The third kappa shape index (κ3) is 6.68. The van der Waals surface area contributed by atoms with Crippen molar-refractivity contribution in [1.82, 2.24) is 23.1 Å². The first kappa shape index (κ1) is 43.0. The second-order valence-electron chi connectivity index (χ2n) is 19.9. The Morgan fingerprint density at radius 3 is 1.78 bits per heavy atom. The minimum absolute atomic E-state index is 0.196. The van der Waals surface area contributed by atoms with Crippen LogP contribution in [0.4, 0.5) is 0 Å². The number of rotatable bonds is 7. The fraction of sp³-hybridized carbons (Fsp3) is 0.0615. The van der Waals surface area contributed by atoms with Crippen LogP contribution in [0.3, 0.4) is 0 Å². The Balaban J connectivity index is 0.962. The summed E-state index contributed by atoms with van der Waals surface area (Å²) in [4.78, 5) is 4.93. The van der Waals surface area contributed by atoms with Crippen LogP contribution in [0, 0.1) is 15.1 Å². The molecule has 9 aromatic carbocycles. The van der Waals surface area contributed by atoms with Gasteiger partial charge in [0.1, 0.15) is 0 Å². The topological polar surface area (TPSA) is 65.1 Å². The summed E-state index contributed by atoms with van der Waals surface area (Å²) in [6.45, 7) is 6.77. The standard InChI is InChI=1S/C65H44N6O.Pt/c1-65(2,3)44-33-45(68-40-69(58-26-13-12-25-57(58)68)63-48(42-17-6-4-7-18-42)22-16-23-49(63)43-19-8-5-9-20-43)35-47(34-44)72-46-28-29-51-52-37-53-55-32-41(39-66)31-54-50-21-10-11-24-56(50)71(64(54)55)61(53)38-60(52)70(59(51)36-46)62-27-14-15-30-67-62;/h4-38H,1-3H3;. The Bertz CT molecular complexity index is 4590. The van der Waals surface area contributed by atoms with Gasteiger partial charge in [-0.1, -0.05) is 24.3 Å². The number of hydrogen-bond donors (Lipinski definition) is 0. The summed E-state index contributed by atoms with van der Waals surface area (Å²) in [5.41, 5.74) is 15.9. The first-order valence-corrected chi connectivity index (χ1v) is 25.6. The summed E-state index contributed by atoms with van der Waals surface area (Å²) in [5, 5.41) is 16.8. The number of ether oxygens (including phenoxy) is 1. The molecule has 14 rings (SSSR count). The predicted molar refractivity (Wildman–Crippen MR) is 293 cm³/mol. The molecule has 0 saturated heterocycles. The van der Waals surface area contributed by atoms with Gasteiger partial charge >= 0.3 is 320 Å². The van der Waals surface area contributed by atoms with E-state index in [4.69, 9.17) is 9.72 Å². The SMILES string of the molecule is CC(C)(C)c1cc(Oc2ccc3c4cc5c6cc(C#N)cc7c8ccccc8n(c5cc4n(-c4ccccn4)c3c2)c76)cc(-n2[c](=[Pt])n(-c3c(-c4ccccc4)cccc3-c3ccccc3)c3ccccc32)c1. The molecule has 73 heavy (non-hydrogen) atoms. The molecule has 5 heterocycles. The van der Waals surface area contributed by atoms with E-state index < -0.39 is 0 Å². The number of aromatic nitrogens is 5. The van der Waals surface area contributed by atoms with E-state index in [-0.39, 0.29) is 5.41 Å². The summed E-state index contributed by atoms with van der Waals surface area (Å²) in [6.07, 6.45) is 1.85. The molecular weight excluding hydrogens is 1080 g/mol. The number of para-hydroxylation sites is 4. The molecule has 0 N–H and O–H groups in total. The molecule has 5 aromatic heterocycles. The number of hydrogen-bond acceptors (Lipinski definition) is 3. The zero-order chi connectivity index (χ0) is 49.1. The van der Waals surface area contributed by atoms with Crippen molar-refractivity contribution in [3.8, 4) is 57.0 Å². The van der Waals surface area contributed by atoms with E-state index in [1.807, 2.05) is 30.5 Å². The van der Waals surface area contributed by atoms with Gasteiger partial charge in [0.15, 0.2) is 0 Å². The minimum atomic E-state index is -0.196. The maximum absolute atomic E-state index is 10.2. The summed E-state index contributed by atoms with van der Waals surface area (Å²) in [7, 11) is 0. The molecule has 0 unspecified atom stereocenters. The molecule has 0 aliphatic heterocycles. The Labute approximate surface area is 431 Å². The van der Waals surface area contributed by atoms with Gasteiger partial charge in [0.05, 0.1) is 28.2 Å². The first-order chi connectivity index (χ1) is 35.7. The van der Waals surface area contributed by atoms with Gasteiger partial charge in [0.25, 0.3) is 0 Å². The first-order valence-electron chi connectivity index (χ1n) is 24.5. The normalized spacial score (nSPS) is 12.1. The molecule has 0 aliphatic carbocycles. The van der Waals surface area contributed by atoms with Gasteiger partial charge in [0.2, 0.25) is 0 Å². The van der Waals surface area contributed by atoms with E-state index in [9.17, 15) is 5.26 Å². The second kappa shape index (κ2) is 16.4. The fourth-order valence-electron chi connectivity index (χ4n) is 11.2. The summed E-state index contributed by atoms with van der Waals surface area (Å²) in [5.74, 6) is 2.27. The van der Waals surface area contributed by atoms with Gasteiger partial charge in [-0.3, -0.25) is 0 Å². The van der Waals surface area contributed by atoms with Crippen LogP contribution in [0.5, 0.6) is 11.5 Å². The zero-order valence-corrected chi connectivity index (χ0v) is 42.4. The molecule has 0 atom stereocenters. The van der Waals surface area contributed by atoms with E-state index in [0.717, 1.165) is 125 Å². The van der Waals surface area contributed by atoms with Crippen molar-refractivity contribution >= 4 is 70.9 Å². The predicted octanol–water partition coefficient (Wildman–Crippen LogP) is 16.4. The van der Waals surface area contributed by atoms with Gasteiger partial charge in [-0.15, -0.1) is 0 Å². The molecule has 0 bridgehead atoms. The summed E-state index contributed by atoms with van der Waals surface area (Å²) >= 11 is 2.52. The van der Waals surface area contributed by atoms with E-state index >= 15 is 0 Å². The number of nitriles is 1. The number of pyridine rings is 1. The number of nitrogens with zero attached hydrogens (tertiary/aromatic N) is 6. The van der Waals surface area contributed by atoms with E-state index in [1.165, 1.54) is 0 Å². The van der Waals surface area contributed by atoms with Crippen LogP contribution in [-0.4, -0.2) is 23.1 Å². The van der Waals surface area contributed by atoms with Gasteiger partial charge in [-0.2, -0.15) is 5.26 Å². The molecule has 8 heteroatoms. The van der Waals surface area contributed by atoms with Crippen LogP contribution in [0.15, 0.2) is 212 Å². The molecule has 14 aromatic rings. The number of imidazole rings is 1. The quantitative estimate of drug-likeness (QED) is 0.160. The van der Waals surface area contributed by atoms with Crippen LogP contribution in [0.25, 0.3) is 110 Å². The molecule has 350 valence electrons. The van der Waals surface area contributed by atoms with Gasteiger partial charge in [0, 0.05) is 27.7 Å². The third-order valence-electron chi connectivity index (χ3n) is 14.5. The molecular formula is C65H44N6OPt. The Kier molecular flexibility index (Phi) is 9.64. The third-order valence-corrected chi connectivity index (χ3v) is 15.6. The van der Waals surface area contributed by atoms with Gasteiger partial charge in [-0.25, -0.2) is 0 Å². The maximum atomic E-state index is 10.2. The van der Waals surface area contributed by atoms with Crippen molar-refractivity contribution in [3.05, 3.63) is 227 Å². The Morgan fingerprint density at radius 2 is 1.10 bits per heavy atom. The summed E-state index contributed by atoms with van der Waals surface area (Å²) in [6, 6.07) is 75.5. The van der Waals surface area contributed by atoms with Crippen molar-refractivity contribution in [2.24, 2.45) is 0 Å². The fourth-order valence-corrected chi connectivity index (χ4v) is 12.3. The Hall–Kier alpha value is -8.82. The molecule has 0 aliphatic rings. The van der Waals surface area contributed by atoms with Crippen molar-refractivity contribution in [1.29, 1.82) is 5.26 Å². The summed E-state index contributed by atoms with van der Waals surface area (Å²) < 4.78 is 17.6. The van der Waals surface area contributed by atoms with Gasteiger partial charge < -0.3 is 4.40 Å². The monoisotopic (exact) mass is 1120 g/mol. The van der Waals surface area contributed by atoms with Crippen LogP contribution >= 0.6 is 0 Å². The van der Waals surface area contributed by atoms with E-state index in [1.54, 1.807) is 0 Å². The van der Waals surface area contributed by atoms with Crippen LogP contribution in [0.2, 0.25) is 0 Å². The molecule has 0 radical (unpaired) electrons. The van der Waals surface area contributed by atoms with Crippen molar-refractivity contribution < 1.29 is 24.1 Å². The average Bonchev–Trinajstić information content (AvgIpc) is 4.13. The molecule has 0 spiro atoms. The van der Waals surface area contributed by atoms with E-state index in [2.05, 4.69) is 246 Å². The molecule has 0 fully saturated rings. The van der Waals surface area contributed by atoms with Crippen LogP contribution in [0.1, 0.15) is 31.9 Å². The zero-order valence-electron chi connectivity index (χ0n) is 40.1. The molecule has 0 amide bonds. The molecule has 0 saturated carbocycles. The van der Waals surface area contributed by atoms with Crippen LogP contribution < -0.4 is 4.74 Å². The van der Waals surface area contributed by atoms with Gasteiger partial charge in [-0.05, 0) is 24.3 Å².